The molecule has 2 nitrogen and oxygen atoms in total. The first-order valence-corrected chi connectivity index (χ1v) is 7.24. The summed E-state index contributed by atoms with van der Waals surface area (Å²) in [5.41, 5.74) is 2.58. The van der Waals surface area contributed by atoms with Crippen LogP contribution in [0.1, 0.15) is 40.3 Å². The molecule has 1 N–H and O–H groups in total. The summed E-state index contributed by atoms with van der Waals surface area (Å²) in [6, 6.07) is 6.76. The molecule has 1 atom stereocenters. The Kier molecular flexibility index (Phi) is 4.50. The molecule has 1 unspecified atom stereocenters. The highest BCUT2D eigenvalue weighted by Gasteiger charge is 2.16. The van der Waals surface area contributed by atoms with E-state index in [1.807, 2.05) is 23.7 Å². The van der Waals surface area contributed by atoms with Gasteiger partial charge in [-0.05, 0) is 56.1 Å². The summed E-state index contributed by atoms with van der Waals surface area (Å²) >= 11 is 1.86. The van der Waals surface area contributed by atoms with E-state index in [0.717, 1.165) is 13.0 Å². The zero-order valence-corrected chi connectivity index (χ0v) is 12.1. The number of thiophene rings is 1. The van der Waals surface area contributed by atoms with Crippen LogP contribution < -0.4 is 5.32 Å². The van der Waals surface area contributed by atoms with Crippen LogP contribution in [0.25, 0.3) is 0 Å². The zero-order chi connectivity index (χ0) is 13.0. The Morgan fingerprint density at radius 3 is 2.72 bits per heavy atom. The van der Waals surface area contributed by atoms with Crippen LogP contribution in [0.4, 0.5) is 0 Å². The Labute approximate surface area is 113 Å². The van der Waals surface area contributed by atoms with Gasteiger partial charge in [0, 0.05) is 22.1 Å². The van der Waals surface area contributed by atoms with Gasteiger partial charge in [-0.15, -0.1) is 11.3 Å². The van der Waals surface area contributed by atoms with Crippen LogP contribution in [0.3, 0.4) is 0 Å². The van der Waals surface area contributed by atoms with E-state index in [1.54, 1.807) is 0 Å². The Hall–Kier alpha value is -1.19. The number of aromatic nitrogens is 1. The highest BCUT2D eigenvalue weighted by molar-refractivity contribution is 7.12. The van der Waals surface area contributed by atoms with Gasteiger partial charge >= 0.3 is 0 Å². The molecular formula is C15H20N2S. The maximum atomic E-state index is 4.27. The number of pyridine rings is 1. The average molecular weight is 260 g/mol. The molecule has 0 saturated carbocycles. The van der Waals surface area contributed by atoms with Crippen molar-refractivity contribution in [2.75, 3.05) is 6.54 Å². The van der Waals surface area contributed by atoms with Gasteiger partial charge < -0.3 is 5.32 Å². The monoisotopic (exact) mass is 260 g/mol. The molecule has 0 aliphatic carbocycles. The lowest BCUT2D eigenvalue weighted by molar-refractivity contribution is 0.602. The minimum Gasteiger partial charge on any atom is -0.306 e. The van der Waals surface area contributed by atoms with Gasteiger partial charge in [-0.1, -0.05) is 6.92 Å². The summed E-state index contributed by atoms with van der Waals surface area (Å²) in [5, 5.41) is 3.63. The highest BCUT2D eigenvalue weighted by atomic mass is 32.1. The van der Waals surface area contributed by atoms with Crippen LogP contribution in [-0.4, -0.2) is 11.5 Å². The third-order valence-electron chi connectivity index (χ3n) is 3.03. The van der Waals surface area contributed by atoms with Gasteiger partial charge in [0.1, 0.15) is 0 Å². The van der Waals surface area contributed by atoms with Gasteiger partial charge in [0.05, 0.1) is 6.04 Å². The summed E-state index contributed by atoms with van der Waals surface area (Å²) in [6.07, 6.45) is 4.98. The molecule has 2 rings (SSSR count). The van der Waals surface area contributed by atoms with Crippen molar-refractivity contribution < 1.29 is 0 Å². The van der Waals surface area contributed by atoms with Crippen molar-refractivity contribution in [2.45, 2.75) is 33.2 Å². The summed E-state index contributed by atoms with van der Waals surface area (Å²) in [7, 11) is 0. The number of rotatable bonds is 5. The van der Waals surface area contributed by atoms with Crippen LogP contribution >= 0.6 is 11.3 Å². The Bertz CT molecular complexity index is 505. The van der Waals surface area contributed by atoms with Crippen molar-refractivity contribution in [3.05, 3.63) is 51.5 Å². The number of aryl methyl sites for hydroxylation is 2. The van der Waals surface area contributed by atoms with E-state index in [2.05, 4.69) is 49.3 Å². The zero-order valence-electron chi connectivity index (χ0n) is 11.2. The van der Waals surface area contributed by atoms with Gasteiger partial charge in [-0.2, -0.15) is 0 Å². The van der Waals surface area contributed by atoms with E-state index in [9.17, 15) is 0 Å². The molecule has 0 aliphatic heterocycles. The molecule has 0 fully saturated rings. The maximum Gasteiger partial charge on any atom is 0.0688 e. The molecule has 0 aromatic carbocycles. The van der Waals surface area contributed by atoms with E-state index in [-0.39, 0.29) is 6.04 Å². The molecule has 0 saturated heterocycles. The molecule has 3 heteroatoms. The molecule has 0 spiro atoms. The number of nitrogens with one attached hydrogen (secondary N) is 1. The number of nitrogens with zero attached hydrogens (tertiary/aromatic N) is 1. The molecule has 2 aromatic rings. The normalized spacial score (nSPS) is 12.6. The minimum atomic E-state index is 0.275. The summed E-state index contributed by atoms with van der Waals surface area (Å²) in [5.74, 6) is 0. The molecule has 0 radical (unpaired) electrons. The Balaban J connectivity index is 2.33. The largest absolute Gasteiger partial charge is 0.306 e. The van der Waals surface area contributed by atoms with Crippen molar-refractivity contribution in [2.24, 2.45) is 0 Å². The summed E-state index contributed by atoms with van der Waals surface area (Å²) in [6.45, 7) is 7.52. The lowest BCUT2D eigenvalue weighted by atomic mass is 10.0. The van der Waals surface area contributed by atoms with E-state index < -0.39 is 0 Å². The maximum absolute atomic E-state index is 4.27. The SMILES string of the molecule is CCCNC(c1ccc(C)s1)c1cnccc1C. The molecule has 2 heterocycles. The summed E-state index contributed by atoms with van der Waals surface area (Å²) in [4.78, 5) is 7.00. The fourth-order valence-corrected chi connectivity index (χ4v) is 3.01. The molecular weight excluding hydrogens is 240 g/mol. The number of hydrogen-bond acceptors (Lipinski definition) is 3. The Morgan fingerprint density at radius 2 is 2.11 bits per heavy atom. The lowest BCUT2D eigenvalue weighted by Crippen LogP contribution is -2.23. The second kappa shape index (κ2) is 6.12. The number of hydrogen-bond donors (Lipinski definition) is 1. The third-order valence-corrected chi connectivity index (χ3v) is 4.10. The van der Waals surface area contributed by atoms with Crippen molar-refractivity contribution in [1.82, 2.24) is 10.3 Å². The van der Waals surface area contributed by atoms with Crippen LogP contribution in [-0.2, 0) is 0 Å². The standard InChI is InChI=1S/C15H20N2S/c1-4-8-17-15(14-6-5-12(3)18-14)13-10-16-9-7-11(13)2/h5-7,9-10,15,17H,4,8H2,1-3H3. The van der Waals surface area contributed by atoms with Gasteiger partial charge in [0.25, 0.3) is 0 Å². The van der Waals surface area contributed by atoms with Crippen LogP contribution in [0.5, 0.6) is 0 Å². The third kappa shape index (κ3) is 2.98. The second-order valence-electron chi connectivity index (χ2n) is 4.57. The second-order valence-corrected chi connectivity index (χ2v) is 5.89. The topological polar surface area (TPSA) is 24.9 Å². The quantitative estimate of drug-likeness (QED) is 0.883. The first kappa shape index (κ1) is 13.2. The fraction of sp³-hybridized carbons (Fsp3) is 0.400. The van der Waals surface area contributed by atoms with E-state index in [1.165, 1.54) is 20.9 Å². The van der Waals surface area contributed by atoms with E-state index >= 15 is 0 Å². The predicted molar refractivity (Wildman–Crippen MR) is 78.2 cm³/mol. The van der Waals surface area contributed by atoms with Gasteiger partial charge in [-0.25, -0.2) is 0 Å². The molecule has 0 bridgehead atoms. The van der Waals surface area contributed by atoms with Crippen LogP contribution in [0, 0.1) is 13.8 Å². The molecule has 18 heavy (non-hydrogen) atoms. The Morgan fingerprint density at radius 1 is 1.28 bits per heavy atom. The first-order chi connectivity index (χ1) is 8.72. The smallest absolute Gasteiger partial charge is 0.0688 e. The van der Waals surface area contributed by atoms with Gasteiger partial charge in [0.2, 0.25) is 0 Å². The molecule has 0 aliphatic rings. The minimum absolute atomic E-state index is 0.275. The average Bonchev–Trinajstić information content (AvgIpc) is 2.78. The molecule has 0 amide bonds. The van der Waals surface area contributed by atoms with Crippen molar-refractivity contribution in [3.63, 3.8) is 0 Å². The highest BCUT2D eigenvalue weighted by Crippen LogP contribution is 2.29. The van der Waals surface area contributed by atoms with Crippen molar-refractivity contribution in [1.29, 1.82) is 0 Å². The van der Waals surface area contributed by atoms with Crippen molar-refractivity contribution in [3.8, 4) is 0 Å². The van der Waals surface area contributed by atoms with Crippen LogP contribution in [0.15, 0.2) is 30.6 Å². The molecule has 96 valence electrons. The van der Waals surface area contributed by atoms with E-state index in [0.29, 0.717) is 0 Å². The predicted octanol–water partition coefficient (Wildman–Crippen LogP) is 3.85. The van der Waals surface area contributed by atoms with Gasteiger partial charge in [-0.3, -0.25) is 4.98 Å². The van der Waals surface area contributed by atoms with Crippen LogP contribution in [0.2, 0.25) is 0 Å². The molecule has 2 aromatic heterocycles. The first-order valence-electron chi connectivity index (χ1n) is 6.42. The summed E-state index contributed by atoms with van der Waals surface area (Å²) < 4.78 is 0. The van der Waals surface area contributed by atoms with Crippen molar-refractivity contribution >= 4 is 11.3 Å². The lowest BCUT2D eigenvalue weighted by Gasteiger charge is -2.19. The fourth-order valence-electron chi connectivity index (χ4n) is 2.04. The van der Waals surface area contributed by atoms with E-state index in [4.69, 9.17) is 0 Å². The van der Waals surface area contributed by atoms with Gasteiger partial charge in [0.15, 0.2) is 0 Å².